The number of nitrogens with one attached hydrogen (secondary N) is 1. The Hall–Kier alpha value is -1.54. The van der Waals surface area contributed by atoms with Gasteiger partial charge in [0.05, 0.1) is 6.61 Å². The molecular weight excluding hydrogens is 355 g/mol. The van der Waals surface area contributed by atoms with E-state index in [1.165, 1.54) is 19.1 Å². The number of H-pyrrole nitrogens is 1. The van der Waals surface area contributed by atoms with Crippen molar-refractivity contribution < 1.29 is 27.8 Å². The SMILES string of the molecule is CCOC(=O)[C@@](O)(c1c[nH]c2ccc(Br)cc12)C(F)(F)F. The van der Waals surface area contributed by atoms with Gasteiger partial charge in [0.25, 0.3) is 5.60 Å². The molecule has 0 amide bonds. The fourth-order valence-corrected chi connectivity index (χ4v) is 2.37. The molecule has 21 heavy (non-hydrogen) atoms. The van der Waals surface area contributed by atoms with Crippen LogP contribution in [0.1, 0.15) is 12.5 Å². The Balaban J connectivity index is 2.70. The molecule has 0 saturated carbocycles. The molecule has 4 nitrogen and oxygen atoms in total. The van der Waals surface area contributed by atoms with E-state index >= 15 is 0 Å². The van der Waals surface area contributed by atoms with Crippen molar-refractivity contribution in [1.82, 2.24) is 4.98 Å². The fraction of sp³-hybridized carbons (Fsp3) is 0.308. The third-order valence-electron chi connectivity index (χ3n) is 3.01. The molecule has 114 valence electrons. The molecule has 0 fully saturated rings. The summed E-state index contributed by atoms with van der Waals surface area (Å²) in [5, 5.41) is 10.1. The highest BCUT2D eigenvalue weighted by Gasteiger charge is 2.63. The van der Waals surface area contributed by atoms with E-state index < -0.39 is 23.3 Å². The molecule has 1 aromatic carbocycles. The number of ether oxygens (including phenoxy) is 1. The average Bonchev–Trinajstić information content (AvgIpc) is 2.79. The van der Waals surface area contributed by atoms with Crippen LogP contribution in [0.25, 0.3) is 10.9 Å². The van der Waals surface area contributed by atoms with Crippen LogP contribution in [0.3, 0.4) is 0 Å². The van der Waals surface area contributed by atoms with Crippen LogP contribution in [0.15, 0.2) is 28.9 Å². The minimum absolute atomic E-state index is 0.0808. The average molecular weight is 366 g/mol. The number of fused-ring (bicyclic) bond motifs is 1. The smallest absolute Gasteiger partial charge is 0.432 e. The lowest BCUT2D eigenvalue weighted by Gasteiger charge is -2.27. The monoisotopic (exact) mass is 365 g/mol. The van der Waals surface area contributed by atoms with Crippen LogP contribution >= 0.6 is 15.9 Å². The van der Waals surface area contributed by atoms with E-state index in [1.54, 1.807) is 6.07 Å². The minimum atomic E-state index is -5.21. The van der Waals surface area contributed by atoms with Crippen molar-refractivity contribution in [2.75, 3.05) is 6.61 Å². The Bertz CT molecular complexity index is 683. The highest BCUT2D eigenvalue weighted by atomic mass is 79.9. The standard InChI is InChI=1S/C13H11BrF3NO3/c1-2-21-11(19)12(20,13(15,16)17)9-6-18-10-4-3-7(14)5-8(9)10/h3-6,18,20H,2H2,1H3/t12-/m0/s1. The Labute approximate surface area is 126 Å². The molecule has 1 atom stereocenters. The number of hydrogen-bond acceptors (Lipinski definition) is 3. The van der Waals surface area contributed by atoms with Crippen LogP contribution in [0, 0.1) is 0 Å². The highest BCUT2D eigenvalue weighted by Crippen LogP contribution is 2.43. The van der Waals surface area contributed by atoms with E-state index in [4.69, 9.17) is 0 Å². The molecule has 0 saturated heterocycles. The zero-order valence-corrected chi connectivity index (χ0v) is 12.4. The number of rotatable bonds is 3. The van der Waals surface area contributed by atoms with Gasteiger partial charge < -0.3 is 14.8 Å². The number of aromatic nitrogens is 1. The van der Waals surface area contributed by atoms with E-state index in [-0.39, 0.29) is 12.0 Å². The van der Waals surface area contributed by atoms with E-state index in [2.05, 4.69) is 25.7 Å². The molecule has 0 bridgehead atoms. The van der Waals surface area contributed by atoms with E-state index in [0.29, 0.717) is 9.99 Å². The topological polar surface area (TPSA) is 62.3 Å². The summed E-state index contributed by atoms with van der Waals surface area (Å²) in [5.74, 6) is -1.75. The zero-order valence-electron chi connectivity index (χ0n) is 10.8. The van der Waals surface area contributed by atoms with Crippen LogP contribution in [-0.2, 0) is 15.1 Å². The number of carbonyl (C=O) groups excluding carboxylic acids is 1. The van der Waals surface area contributed by atoms with Gasteiger partial charge in [0, 0.05) is 27.1 Å². The van der Waals surface area contributed by atoms with Crippen molar-refractivity contribution in [3.8, 4) is 0 Å². The zero-order chi connectivity index (χ0) is 15.8. The molecule has 0 radical (unpaired) electrons. The molecule has 2 N–H and O–H groups in total. The van der Waals surface area contributed by atoms with Crippen molar-refractivity contribution in [2.45, 2.75) is 18.7 Å². The van der Waals surface area contributed by atoms with Crippen LogP contribution in [0.4, 0.5) is 13.2 Å². The van der Waals surface area contributed by atoms with Crippen LogP contribution < -0.4 is 0 Å². The Morgan fingerprint density at radius 3 is 2.67 bits per heavy atom. The summed E-state index contributed by atoms with van der Waals surface area (Å²) >= 11 is 3.14. The van der Waals surface area contributed by atoms with Gasteiger partial charge in [-0.1, -0.05) is 15.9 Å². The number of alkyl halides is 3. The molecule has 2 rings (SSSR count). The quantitative estimate of drug-likeness (QED) is 0.820. The van der Waals surface area contributed by atoms with Crippen LogP contribution in [0.2, 0.25) is 0 Å². The lowest BCUT2D eigenvalue weighted by Crippen LogP contribution is -2.50. The maximum atomic E-state index is 13.3. The summed E-state index contributed by atoms with van der Waals surface area (Å²) in [6.07, 6.45) is -4.25. The first kappa shape index (κ1) is 15.8. The van der Waals surface area contributed by atoms with Gasteiger partial charge in [0.2, 0.25) is 0 Å². The summed E-state index contributed by atoms with van der Waals surface area (Å²) < 4.78 is 44.8. The summed E-state index contributed by atoms with van der Waals surface area (Å²) in [4.78, 5) is 14.3. The highest BCUT2D eigenvalue weighted by molar-refractivity contribution is 9.10. The molecule has 0 aliphatic rings. The predicted molar refractivity (Wildman–Crippen MR) is 72.6 cm³/mol. The maximum absolute atomic E-state index is 13.3. The van der Waals surface area contributed by atoms with Crippen molar-refractivity contribution in [3.05, 3.63) is 34.4 Å². The Kier molecular flexibility index (Phi) is 4.03. The third kappa shape index (κ3) is 2.53. The first-order valence-electron chi connectivity index (χ1n) is 5.95. The largest absolute Gasteiger partial charge is 0.463 e. The molecule has 1 heterocycles. The number of aliphatic hydroxyl groups is 1. The predicted octanol–water partition coefficient (Wildman–Crippen LogP) is 3.24. The van der Waals surface area contributed by atoms with Gasteiger partial charge in [-0.3, -0.25) is 0 Å². The molecule has 0 unspecified atom stereocenters. The van der Waals surface area contributed by atoms with Crippen molar-refractivity contribution >= 4 is 32.8 Å². The van der Waals surface area contributed by atoms with Gasteiger partial charge in [-0.15, -0.1) is 0 Å². The first-order chi connectivity index (χ1) is 9.71. The lowest BCUT2D eigenvalue weighted by molar-refractivity contribution is -0.267. The number of hydrogen-bond donors (Lipinski definition) is 2. The summed E-state index contributed by atoms with van der Waals surface area (Å²) in [6, 6.07) is 4.54. The van der Waals surface area contributed by atoms with Crippen molar-refractivity contribution in [2.24, 2.45) is 0 Å². The molecule has 0 aliphatic carbocycles. The number of carbonyl (C=O) groups is 1. The number of halogens is 4. The summed E-state index contributed by atoms with van der Waals surface area (Å²) in [6.45, 7) is 1.09. The maximum Gasteiger partial charge on any atom is 0.432 e. The first-order valence-corrected chi connectivity index (χ1v) is 6.74. The molecule has 0 spiro atoms. The van der Waals surface area contributed by atoms with Gasteiger partial charge in [-0.25, -0.2) is 4.79 Å². The normalized spacial score (nSPS) is 15.0. The summed E-state index contributed by atoms with van der Waals surface area (Å²) in [7, 11) is 0. The van der Waals surface area contributed by atoms with Crippen molar-refractivity contribution in [3.63, 3.8) is 0 Å². The van der Waals surface area contributed by atoms with Gasteiger partial charge in [0.15, 0.2) is 0 Å². The second-order valence-corrected chi connectivity index (χ2v) is 5.24. The Morgan fingerprint density at radius 1 is 1.43 bits per heavy atom. The number of esters is 1. The Morgan fingerprint density at radius 2 is 2.10 bits per heavy atom. The van der Waals surface area contributed by atoms with Gasteiger partial charge >= 0.3 is 12.1 Å². The summed E-state index contributed by atoms with van der Waals surface area (Å²) in [5.41, 5.74) is -3.95. The van der Waals surface area contributed by atoms with Gasteiger partial charge in [-0.05, 0) is 25.1 Å². The minimum Gasteiger partial charge on any atom is -0.463 e. The second kappa shape index (κ2) is 5.34. The fourth-order valence-electron chi connectivity index (χ4n) is 2.01. The van der Waals surface area contributed by atoms with Gasteiger partial charge in [0.1, 0.15) is 0 Å². The molecular formula is C13H11BrF3NO3. The number of aromatic amines is 1. The van der Waals surface area contributed by atoms with E-state index in [9.17, 15) is 23.1 Å². The second-order valence-electron chi connectivity index (χ2n) is 4.32. The number of benzene rings is 1. The van der Waals surface area contributed by atoms with E-state index in [0.717, 1.165) is 6.20 Å². The van der Waals surface area contributed by atoms with Crippen molar-refractivity contribution in [1.29, 1.82) is 0 Å². The lowest BCUT2D eigenvalue weighted by atomic mass is 9.92. The molecule has 1 aromatic heterocycles. The van der Waals surface area contributed by atoms with Crippen LogP contribution in [0.5, 0.6) is 0 Å². The molecule has 0 aliphatic heterocycles. The third-order valence-corrected chi connectivity index (χ3v) is 3.51. The molecule has 2 aromatic rings. The van der Waals surface area contributed by atoms with E-state index in [1.807, 2.05) is 0 Å². The van der Waals surface area contributed by atoms with Gasteiger partial charge in [-0.2, -0.15) is 13.2 Å². The molecule has 8 heteroatoms. The van der Waals surface area contributed by atoms with Crippen LogP contribution in [-0.4, -0.2) is 28.8 Å².